The molecule has 0 fully saturated rings. The van der Waals surface area contributed by atoms with Crippen molar-refractivity contribution < 1.29 is 12.8 Å². The van der Waals surface area contributed by atoms with E-state index in [1.165, 1.54) is 21.1 Å². The van der Waals surface area contributed by atoms with Gasteiger partial charge in [-0.1, -0.05) is 36.7 Å². The van der Waals surface area contributed by atoms with E-state index in [1.54, 1.807) is 30.3 Å². The summed E-state index contributed by atoms with van der Waals surface area (Å²) in [7, 11) is -3.64. The zero-order valence-electron chi connectivity index (χ0n) is 14.6. The summed E-state index contributed by atoms with van der Waals surface area (Å²) in [4.78, 5) is 0.848. The molecule has 0 unspecified atom stereocenters. The SMILES string of the molecule is CCCN(Cc1nnc(-c2cccs2)o1)S(=O)(=O)/C=C/c1ccc(Cl)cc1. The van der Waals surface area contributed by atoms with Crippen LogP contribution in [-0.2, 0) is 16.6 Å². The van der Waals surface area contributed by atoms with Crippen molar-refractivity contribution in [1.82, 2.24) is 14.5 Å². The predicted octanol–water partition coefficient (Wildman–Crippen LogP) is 4.66. The van der Waals surface area contributed by atoms with E-state index in [-0.39, 0.29) is 12.4 Å². The van der Waals surface area contributed by atoms with Crippen LogP contribution in [0.25, 0.3) is 16.8 Å². The van der Waals surface area contributed by atoms with Crippen LogP contribution in [0, 0.1) is 0 Å². The molecule has 3 aromatic rings. The molecule has 0 aliphatic rings. The average molecular weight is 424 g/mol. The molecule has 0 aliphatic heterocycles. The van der Waals surface area contributed by atoms with E-state index >= 15 is 0 Å². The number of hydrogen-bond acceptors (Lipinski definition) is 6. The smallest absolute Gasteiger partial charge is 0.257 e. The van der Waals surface area contributed by atoms with Crippen molar-refractivity contribution in [1.29, 1.82) is 0 Å². The molecular weight excluding hydrogens is 406 g/mol. The molecule has 0 spiro atoms. The Morgan fingerprint density at radius 3 is 2.67 bits per heavy atom. The minimum absolute atomic E-state index is 0.0273. The first-order valence-corrected chi connectivity index (χ1v) is 11.0. The molecule has 0 saturated heterocycles. The molecule has 0 N–H and O–H groups in total. The quantitative estimate of drug-likeness (QED) is 0.526. The lowest BCUT2D eigenvalue weighted by atomic mass is 10.2. The largest absolute Gasteiger partial charge is 0.418 e. The average Bonchev–Trinajstić information content (AvgIpc) is 3.32. The molecule has 1 aromatic carbocycles. The highest BCUT2D eigenvalue weighted by atomic mass is 35.5. The van der Waals surface area contributed by atoms with Crippen LogP contribution in [0.5, 0.6) is 0 Å². The summed E-state index contributed by atoms with van der Waals surface area (Å²) in [6, 6.07) is 10.7. The molecule has 0 radical (unpaired) electrons. The molecule has 6 nitrogen and oxygen atoms in total. The Labute approximate surface area is 167 Å². The maximum atomic E-state index is 12.7. The number of benzene rings is 1. The zero-order chi connectivity index (χ0) is 19.3. The van der Waals surface area contributed by atoms with Crippen LogP contribution in [-0.4, -0.2) is 29.5 Å². The minimum Gasteiger partial charge on any atom is -0.418 e. The summed E-state index contributed by atoms with van der Waals surface area (Å²) < 4.78 is 32.4. The Kier molecular flexibility index (Phi) is 6.43. The molecule has 0 saturated carbocycles. The molecule has 3 rings (SSSR count). The first kappa shape index (κ1) is 19.8. The summed E-state index contributed by atoms with van der Waals surface area (Å²) in [6.07, 6.45) is 2.21. The molecule has 142 valence electrons. The van der Waals surface area contributed by atoms with Gasteiger partial charge in [0.05, 0.1) is 11.4 Å². The molecule has 0 bridgehead atoms. The van der Waals surface area contributed by atoms with Gasteiger partial charge in [-0.15, -0.1) is 21.5 Å². The molecule has 2 aromatic heterocycles. The molecule has 0 atom stereocenters. The Hall–Kier alpha value is -2.00. The third kappa shape index (κ3) is 5.26. The van der Waals surface area contributed by atoms with Crippen molar-refractivity contribution in [3.63, 3.8) is 0 Å². The first-order valence-electron chi connectivity index (χ1n) is 8.28. The van der Waals surface area contributed by atoms with Gasteiger partial charge in [-0.2, -0.15) is 4.31 Å². The normalized spacial score (nSPS) is 12.3. The van der Waals surface area contributed by atoms with E-state index in [0.29, 0.717) is 23.9 Å². The monoisotopic (exact) mass is 423 g/mol. The van der Waals surface area contributed by atoms with Crippen molar-refractivity contribution in [2.45, 2.75) is 19.9 Å². The summed E-state index contributed by atoms with van der Waals surface area (Å²) in [6.45, 7) is 2.29. The molecular formula is C18H18ClN3O3S2. The maximum Gasteiger partial charge on any atom is 0.257 e. The number of halogens is 1. The number of sulfonamides is 1. The van der Waals surface area contributed by atoms with Crippen LogP contribution in [0.3, 0.4) is 0 Å². The highest BCUT2D eigenvalue weighted by molar-refractivity contribution is 7.92. The third-order valence-corrected chi connectivity index (χ3v) is 6.27. The van der Waals surface area contributed by atoms with E-state index in [9.17, 15) is 8.42 Å². The lowest BCUT2D eigenvalue weighted by molar-refractivity contribution is 0.361. The lowest BCUT2D eigenvalue weighted by Crippen LogP contribution is -2.29. The fourth-order valence-corrected chi connectivity index (χ4v) is 4.34. The molecule has 0 aliphatic carbocycles. The van der Waals surface area contributed by atoms with Crippen molar-refractivity contribution in [2.24, 2.45) is 0 Å². The minimum atomic E-state index is -3.64. The van der Waals surface area contributed by atoms with Gasteiger partial charge in [-0.25, -0.2) is 8.42 Å². The standard InChI is InChI=1S/C18H18ClN3O3S2/c1-2-10-22(13-17-20-21-18(25-17)16-4-3-11-26-16)27(23,24)12-9-14-5-7-15(19)8-6-14/h3-9,11-12H,2,10,13H2,1H3/b12-9+. The van der Waals surface area contributed by atoms with Crippen LogP contribution >= 0.6 is 22.9 Å². The van der Waals surface area contributed by atoms with Crippen molar-refractivity contribution >= 4 is 39.0 Å². The predicted molar refractivity (Wildman–Crippen MR) is 108 cm³/mol. The zero-order valence-corrected chi connectivity index (χ0v) is 17.0. The second-order valence-electron chi connectivity index (χ2n) is 5.71. The fraction of sp³-hybridized carbons (Fsp3) is 0.222. The van der Waals surface area contributed by atoms with Crippen LogP contribution in [0.2, 0.25) is 5.02 Å². The summed E-state index contributed by atoms with van der Waals surface area (Å²) in [5, 5.41) is 11.7. The number of rotatable bonds is 8. The number of hydrogen-bond donors (Lipinski definition) is 0. The topological polar surface area (TPSA) is 76.3 Å². The number of thiophene rings is 1. The van der Waals surface area contributed by atoms with Gasteiger partial charge in [0, 0.05) is 17.0 Å². The van der Waals surface area contributed by atoms with Gasteiger partial charge in [0.1, 0.15) is 0 Å². The van der Waals surface area contributed by atoms with E-state index < -0.39 is 10.0 Å². The van der Waals surface area contributed by atoms with Crippen LogP contribution in [0.15, 0.2) is 51.6 Å². The van der Waals surface area contributed by atoms with Crippen molar-refractivity contribution in [2.75, 3.05) is 6.54 Å². The fourth-order valence-electron chi connectivity index (χ4n) is 2.34. The van der Waals surface area contributed by atoms with Gasteiger partial charge in [-0.3, -0.25) is 0 Å². The second-order valence-corrected chi connectivity index (χ2v) is 8.91. The van der Waals surface area contributed by atoms with Crippen molar-refractivity contribution in [3.8, 4) is 10.8 Å². The Bertz CT molecular complexity index is 997. The van der Waals surface area contributed by atoms with E-state index in [0.717, 1.165) is 10.4 Å². The van der Waals surface area contributed by atoms with E-state index in [1.807, 2.05) is 24.4 Å². The lowest BCUT2D eigenvalue weighted by Gasteiger charge is -2.17. The molecule has 0 amide bonds. The van der Waals surface area contributed by atoms with Gasteiger partial charge in [0.2, 0.25) is 15.9 Å². The summed E-state index contributed by atoms with van der Waals surface area (Å²) in [5.41, 5.74) is 0.747. The van der Waals surface area contributed by atoms with Gasteiger partial charge in [0.15, 0.2) is 0 Å². The van der Waals surface area contributed by atoms with Crippen LogP contribution < -0.4 is 0 Å². The second kappa shape index (κ2) is 8.79. The molecule has 2 heterocycles. The van der Waals surface area contributed by atoms with Gasteiger partial charge in [0.25, 0.3) is 5.89 Å². The molecule has 27 heavy (non-hydrogen) atoms. The number of nitrogens with zero attached hydrogens (tertiary/aromatic N) is 3. The number of aromatic nitrogens is 2. The Balaban J connectivity index is 1.76. The van der Waals surface area contributed by atoms with Gasteiger partial charge < -0.3 is 4.42 Å². The first-order chi connectivity index (χ1) is 13.0. The van der Waals surface area contributed by atoms with E-state index in [4.69, 9.17) is 16.0 Å². The van der Waals surface area contributed by atoms with E-state index in [2.05, 4.69) is 10.2 Å². The van der Waals surface area contributed by atoms with Crippen LogP contribution in [0.1, 0.15) is 24.8 Å². The van der Waals surface area contributed by atoms with Crippen LogP contribution in [0.4, 0.5) is 0 Å². The maximum absolute atomic E-state index is 12.7. The van der Waals surface area contributed by atoms with Crippen molar-refractivity contribution in [3.05, 3.63) is 63.7 Å². The van der Waals surface area contributed by atoms with Gasteiger partial charge >= 0.3 is 0 Å². The Morgan fingerprint density at radius 2 is 2.00 bits per heavy atom. The third-order valence-electron chi connectivity index (χ3n) is 3.65. The highest BCUT2D eigenvalue weighted by Crippen LogP contribution is 2.24. The summed E-state index contributed by atoms with van der Waals surface area (Å²) >= 11 is 7.33. The molecule has 9 heteroatoms. The van der Waals surface area contributed by atoms with Gasteiger partial charge in [-0.05, 0) is 41.6 Å². The highest BCUT2D eigenvalue weighted by Gasteiger charge is 2.22. The Morgan fingerprint density at radius 1 is 1.22 bits per heavy atom. The summed E-state index contributed by atoms with van der Waals surface area (Å²) in [5.74, 6) is 0.654.